The van der Waals surface area contributed by atoms with Crippen LogP contribution in [0.4, 0.5) is 0 Å². The summed E-state index contributed by atoms with van der Waals surface area (Å²) in [5, 5.41) is 4.45. The van der Waals surface area contributed by atoms with Crippen molar-refractivity contribution in [3.05, 3.63) is 70.2 Å². The summed E-state index contributed by atoms with van der Waals surface area (Å²) in [4.78, 5) is 0. The van der Waals surface area contributed by atoms with Crippen molar-refractivity contribution in [3.8, 4) is 0 Å². The minimum absolute atomic E-state index is 0.316. The first-order valence-electron chi connectivity index (χ1n) is 7.61. The number of hydrogen-bond donors (Lipinski definition) is 1. The Hall–Kier alpha value is -1.31. The summed E-state index contributed by atoms with van der Waals surface area (Å²) < 4.78 is 0. The molecule has 2 heteroatoms. The molecule has 0 saturated heterocycles. The number of benzene rings is 2. The SMILES string of the molecule is Cc1cccc(CCC(C)NC(C)c2cccc(Cl)c2)c1. The second-order valence-corrected chi connectivity index (χ2v) is 6.31. The van der Waals surface area contributed by atoms with E-state index in [1.165, 1.54) is 16.7 Å². The molecule has 2 aromatic rings. The molecule has 0 fully saturated rings. The van der Waals surface area contributed by atoms with E-state index in [1.807, 2.05) is 18.2 Å². The smallest absolute Gasteiger partial charge is 0.0409 e. The van der Waals surface area contributed by atoms with Crippen molar-refractivity contribution in [2.24, 2.45) is 0 Å². The first kappa shape index (κ1) is 16.1. The van der Waals surface area contributed by atoms with Gasteiger partial charge in [-0.25, -0.2) is 0 Å². The van der Waals surface area contributed by atoms with E-state index in [0.29, 0.717) is 12.1 Å². The average Bonchev–Trinajstić information content (AvgIpc) is 2.45. The molecule has 2 unspecified atom stereocenters. The first-order chi connectivity index (χ1) is 10.0. The second-order valence-electron chi connectivity index (χ2n) is 5.87. The standard InChI is InChI=1S/C19H24ClN/c1-14-6-4-7-17(12-14)11-10-15(2)21-16(3)18-8-5-9-19(20)13-18/h4-9,12-13,15-16,21H,10-11H2,1-3H3. The maximum absolute atomic E-state index is 6.05. The van der Waals surface area contributed by atoms with Crippen LogP contribution >= 0.6 is 11.6 Å². The van der Waals surface area contributed by atoms with Crippen LogP contribution in [0, 0.1) is 6.92 Å². The van der Waals surface area contributed by atoms with Crippen molar-refractivity contribution in [1.29, 1.82) is 0 Å². The van der Waals surface area contributed by atoms with Crippen molar-refractivity contribution in [2.45, 2.75) is 45.7 Å². The van der Waals surface area contributed by atoms with E-state index >= 15 is 0 Å². The van der Waals surface area contributed by atoms with E-state index in [4.69, 9.17) is 11.6 Å². The second kappa shape index (κ2) is 7.63. The third kappa shape index (κ3) is 5.18. The van der Waals surface area contributed by atoms with Crippen molar-refractivity contribution >= 4 is 11.6 Å². The predicted octanol–water partition coefficient (Wildman–Crippen LogP) is 5.32. The Morgan fingerprint density at radius 3 is 2.52 bits per heavy atom. The van der Waals surface area contributed by atoms with Gasteiger partial charge in [0.25, 0.3) is 0 Å². The van der Waals surface area contributed by atoms with Gasteiger partial charge >= 0.3 is 0 Å². The molecule has 0 heterocycles. The molecule has 0 aliphatic rings. The highest BCUT2D eigenvalue weighted by Gasteiger charge is 2.10. The molecule has 21 heavy (non-hydrogen) atoms. The van der Waals surface area contributed by atoms with Gasteiger partial charge in [-0.1, -0.05) is 53.6 Å². The highest BCUT2D eigenvalue weighted by atomic mass is 35.5. The van der Waals surface area contributed by atoms with Crippen LogP contribution in [0.25, 0.3) is 0 Å². The Balaban J connectivity index is 1.85. The fraction of sp³-hybridized carbons (Fsp3) is 0.368. The molecule has 2 aromatic carbocycles. The third-order valence-electron chi connectivity index (χ3n) is 3.83. The monoisotopic (exact) mass is 301 g/mol. The number of nitrogens with one attached hydrogen (secondary N) is 1. The van der Waals surface area contributed by atoms with E-state index in [9.17, 15) is 0 Å². The molecule has 0 spiro atoms. The molecule has 0 amide bonds. The van der Waals surface area contributed by atoms with E-state index in [0.717, 1.165) is 17.9 Å². The summed E-state index contributed by atoms with van der Waals surface area (Å²) in [7, 11) is 0. The third-order valence-corrected chi connectivity index (χ3v) is 4.07. The maximum atomic E-state index is 6.05. The molecule has 1 nitrogen and oxygen atoms in total. The Labute approximate surface area is 133 Å². The summed E-state index contributed by atoms with van der Waals surface area (Å²) >= 11 is 6.05. The van der Waals surface area contributed by atoms with E-state index in [1.54, 1.807) is 0 Å². The quantitative estimate of drug-likeness (QED) is 0.761. The summed E-state index contributed by atoms with van der Waals surface area (Å²) in [6.45, 7) is 6.58. The molecule has 112 valence electrons. The van der Waals surface area contributed by atoms with E-state index in [-0.39, 0.29) is 0 Å². The maximum Gasteiger partial charge on any atom is 0.0409 e. The van der Waals surface area contributed by atoms with Gasteiger partial charge in [0.15, 0.2) is 0 Å². The Kier molecular flexibility index (Phi) is 5.84. The van der Waals surface area contributed by atoms with Crippen LogP contribution in [0.2, 0.25) is 5.02 Å². The fourth-order valence-electron chi connectivity index (χ4n) is 2.63. The number of hydrogen-bond acceptors (Lipinski definition) is 1. The zero-order chi connectivity index (χ0) is 15.2. The molecular weight excluding hydrogens is 278 g/mol. The molecule has 0 saturated carbocycles. The van der Waals surface area contributed by atoms with E-state index < -0.39 is 0 Å². The highest BCUT2D eigenvalue weighted by molar-refractivity contribution is 6.30. The summed E-state index contributed by atoms with van der Waals surface area (Å²) in [5.74, 6) is 0. The van der Waals surface area contributed by atoms with Gasteiger partial charge in [0, 0.05) is 17.1 Å². The molecule has 0 bridgehead atoms. The number of halogens is 1. The van der Waals surface area contributed by atoms with Crippen LogP contribution in [0.3, 0.4) is 0 Å². The first-order valence-corrected chi connectivity index (χ1v) is 7.99. The summed E-state index contributed by atoms with van der Waals surface area (Å²) in [6.07, 6.45) is 2.24. The van der Waals surface area contributed by atoms with Gasteiger partial charge in [-0.3, -0.25) is 0 Å². The largest absolute Gasteiger partial charge is 0.308 e. The van der Waals surface area contributed by atoms with Crippen molar-refractivity contribution in [3.63, 3.8) is 0 Å². The van der Waals surface area contributed by atoms with E-state index in [2.05, 4.69) is 56.4 Å². The van der Waals surface area contributed by atoms with Crippen molar-refractivity contribution < 1.29 is 0 Å². The average molecular weight is 302 g/mol. The predicted molar refractivity (Wildman–Crippen MR) is 92.0 cm³/mol. The molecule has 0 aliphatic heterocycles. The van der Waals surface area contributed by atoms with Crippen LogP contribution in [0.5, 0.6) is 0 Å². The molecule has 0 aromatic heterocycles. The fourth-order valence-corrected chi connectivity index (χ4v) is 2.83. The van der Waals surface area contributed by atoms with Gasteiger partial charge in [0.1, 0.15) is 0 Å². The Bertz CT molecular complexity index is 579. The lowest BCUT2D eigenvalue weighted by atomic mass is 10.0. The molecule has 1 N–H and O–H groups in total. The van der Waals surface area contributed by atoms with Gasteiger partial charge in [-0.2, -0.15) is 0 Å². The van der Waals surface area contributed by atoms with Gasteiger partial charge in [0.05, 0.1) is 0 Å². The minimum atomic E-state index is 0.316. The topological polar surface area (TPSA) is 12.0 Å². The minimum Gasteiger partial charge on any atom is -0.308 e. The number of rotatable bonds is 6. The molecule has 2 atom stereocenters. The molecule has 0 radical (unpaired) electrons. The lowest BCUT2D eigenvalue weighted by Crippen LogP contribution is -2.29. The molecule has 0 aliphatic carbocycles. The zero-order valence-electron chi connectivity index (χ0n) is 13.1. The van der Waals surface area contributed by atoms with Crippen LogP contribution in [0.15, 0.2) is 48.5 Å². The van der Waals surface area contributed by atoms with Crippen molar-refractivity contribution in [1.82, 2.24) is 5.32 Å². The molecular formula is C19H24ClN. The van der Waals surface area contributed by atoms with Gasteiger partial charge < -0.3 is 5.32 Å². The van der Waals surface area contributed by atoms with Crippen LogP contribution in [-0.4, -0.2) is 6.04 Å². The van der Waals surface area contributed by atoms with Gasteiger partial charge in [-0.15, -0.1) is 0 Å². The molecule has 2 rings (SSSR count). The summed E-state index contributed by atoms with van der Waals surface area (Å²) in [6, 6.07) is 17.6. The number of aryl methyl sites for hydroxylation is 2. The summed E-state index contributed by atoms with van der Waals surface area (Å²) in [5.41, 5.74) is 3.99. The Morgan fingerprint density at radius 1 is 1.05 bits per heavy atom. The lowest BCUT2D eigenvalue weighted by molar-refractivity contribution is 0.456. The van der Waals surface area contributed by atoms with Crippen molar-refractivity contribution in [2.75, 3.05) is 0 Å². The van der Waals surface area contributed by atoms with Gasteiger partial charge in [-0.05, 0) is 56.9 Å². The Morgan fingerprint density at radius 2 is 1.81 bits per heavy atom. The highest BCUT2D eigenvalue weighted by Crippen LogP contribution is 2.18. The zero-order valence-corrected chi connectivity index (χ0v) is 13.8. The van der Waals surface area contributed by atoms with Crippen LogP contribution in [0.1, 0.15) is 43.0 Å². The van der Waals surface area contributed by atoms with Crippen LogP contribution in [-0.2, 0) is 6.42 Å². The normalized spacial score (nSPS) is 13.9. The lowest BCUT2D eigenvalue weighted by Gasteiger charge is -2.20. The van der Waals surface area contributed by atoms with Gasteiger partial charge in [0.2, 0.25) is 0 Å². The van der Waals surface area contributed by atoms with Crippen LogP contribution < -0.4 is 5.32 Å².